The highest BCUT2D eigenvalue weighted by molar-refractivity contribution is 6.32. The van der Waals surface area contributed by atoms with Gasteiger partial charge < -0.3 is 9.47 Å². The van der Waals surface area contributed by atoms with Gasteiger partial charge in [-0.1, -0.05) is 23.7 Å². The molecular formula is C16H14ClN3O6. The van der Waals surface area contributed by atoms with Crippen molar-refractivity contribution in [1.82, 2.24) is 10.9 Å². The zero-order chi connectivity index (χ0) is 19.1. The SMILES string of the molecule is COc1ccccc1OCC(=O)NNC(=O)c1ccc(Cl)c([N+](=O)[O-])c1. The summed E-state index contributed by atoms with van der Waals surface area (Å²) in [6.45, 7) is -0.374. The Labute approximate surface area is 153 Å². The summed E-state index contributed by atoms with van der Waals surface area (Å²) in [6, 6.07) is 10.3. The Hall–Kier alpha value is -3.33. The number of para-hydroxylation sites is 2. The molecule has 0 radical (unpaired) electrons. The lowest BCUT2D eigenvalue weighted by Gasteiger charge is -2.11. The van der Waals surface area contributed by atoms with Gasteiger partial charge in [0.1, 0.15) is 5.02 Å². The maximum Gasteiger partial charge on any atom is 0.288 e. The molecule has 2 amide bonds. The highest BCUT2D eigenvalue weighted by Gasteiger charge is 2.16. The summed E-state index contributed by atoms with van der Waals surface area (Å²) in [5.74, 6) is -0.550. The topological polar surface area (TPSA) is 120 Å². The number of methoxy groups -OCH3 is 1. The van der Waals surface area contributed by atoms with Crippen LogP contribution in [0.25, 0.3) is 0 Å². The van der Waals surface area contributed by atoms with Crippen molar-refractivity contribution in [3.8, 4) is 11.5 Å². The van der Waals surface area contributed by atoms with Crippen molar-refractivity contribution >= 4 is 29.1 Å². The fraction of sp³-hybridized carbons (Fsp3) is 0.125. The molecule has 2 aromatic carbocycles. The maximum absolute atomic E-state index is 12.0. The minimum Gasteiger partial charge on any atom is -0.493 e. The fourth-order valence-corrected chi connectivity index (χ4v) is 2.10. The van der Waals surface area contributed by atoms with Gasteiger partial charge in [-0.2, -0.15) is 0 Å². The second-order valence-electron chi connectivity index (χ2n) is 4.87. The van der Waals surface area contributed by atoms with Crippen LogP contribution in [0.4, 0.5) is 5.69 Å². The number of nitro groups is 1. The lowest BCUT2D eigenvalue weighted by molar-refractivity contribution is -0.384. The van der Waals surface area contributed by atoms with E-state index in [-0.39, 0.29) is 17.2 Å². The Bertz CT molecular complexity index is 842. The molecule has 0 aliphatic carbocycles. The van der Waals surface area contributed by atoms with Crippen LogP contribution in [-0.4, -0.2) is 30.5 Å². The summed E-state index contributed by atoms with van der Waals surface area (Å²) >= 11 is 5.68. The van der Waals surface area contributed by atoms with E-state index in [2.05, 4.69) is 10.9 Å². The Morgan fingerprint density at radius 1 is 1.15 bits per heavy atom. The molecule has 0 aliphatic rings. The van der Waals surface area contributed by atoms with Gasteiger partial charge >= 0.3 is 0 Å². The standard InChI is InChI=1S/C16H14ClN3O6/c1-25-13-4-2-3-5-14(13)26-9-15(21)18-19-16(22)10-6-7-11(17)12(8-10)20(23)24/h2-8H,9H2,1H3,(H,18,21)(H,19,22). The highest BCUT2D eigenvalue weighted by atomic mass is 35.5. The molecule has 2 rings (SSSR count). The van der Waals surface area contributed by atoms with Gasteiger partial charge in [0.15, 0.2) is 18.1 Å². The third-order valence-electron chi connectivity index (χ3n) is 3.15. The molecule has 0 spiro atoms. The van der Waals surface area contributed by atoms with Crippen LogP contribution in [0.5, 0.6) is 11.5 Å². The van der Waals surface area contributed by atoms with Gasteiger partial charge in [0.2, 0.25) is 0 Å². The predicted molar refractivity (Wildman–Crippen MR) is 92.2 cm³/mol. The molecule has 0 aromatic heterocycles. The van der Waals surface area contributed by atoms with Crippen molar-refractivity contribution in [2.24, 2.45) is 0 Å². The van der Waals surface area contributed by atoms with Gasteiger partial charge in [0.25, 0.3) is 17.5 Å². The van der Waals surface area contributed by atoms with Crippen LogP contribution < -0.4 is 20.3 Å². The van der Waals surface area contributed by atoms with Crippen molar-refractivity contribution in [3.63, 3.8) is 0 Å². The van der Waals surface area contributed by atoms with Crippen LogP contribution in [0.1, 0.15) is 10.4 Å². The second-order valence-corrected chi connectivity index (χ2v) is 5.27. The molecule has 2 aromatic rings. The first-order chi connectivity index (χ1) is 12.4. The number of carbonyl (C=O) groups excluding carboxylic acids is 2. The molecule has 10 heteroatoms. The lowest BCUT2D eigenvalue weighted by Crippen LogP contribution is -2.43. The number of benzene rings is 2. The van der Waals surface area contributed by atoms with E-state index in [1.165, 1.54) is 19.2 Å². The summed E-state index contributed by atoms with van der Waals surface area (Å²) in [6.07, 6.45) is 0. The molecule has 0 bridgehead atoms. The van der Waals surface area contributed by atoms with Crippen LogP contribution >= 0.6 is 11.6 Å². The largest absolute Gasteiger partial charge is 0.493 e. The van der Waals surface area contributed by atoms with E-state index < -0.39 is 22.4 Å². The molecule has 26 heavy (non-hydrogen) atoms. The number of amides is 2. The Morgan fingerprint density at radius 2 is 1.85 bits per heavy atom. The molecular weight excluding hydrogens is 366 g/mol. The monoisotopic (exact) mass is 379 g/mol. The minimum absolute atomic E-state index is 0.0351. The van der Waals surface area contributed by atoms with Gasteiger partial charge in [0.05, 0.1) is 12.0 Å². The fourth-order valence-electron chi connectivity index (χ4n) is 1.91. The number of nitrogens with one attached hydrogen (secondary N) is 2. The van der Waals surface area contributed by atoms with E-state index in [1.807, 2.05) is 0 Å². The van der Waals surface area contributed by atoms with Crippen molar-refractivity contribution in [2.45, 2.75) is 0 Å². The molecule has 2 N–H and O–H groups in total. The Balaban J connectivity index is 1.90. The molecule has 0 saturated carbocycles. The number of nitrogens with zero attached hydrogens (tertiary/aromatic N) is 1. The zero-order valence-electron chi connectivity index (χ0n) is 13.5. The van der Waals surface area contributed by atoms with Crippen molar-refractivity contribution < 1.29 is 24.0 Å². The van der Waals surface area contributed by atoms with Crippen molar-refractivity contribution in [1.29, 1.82) is 0 Å². The molecule has 0 fully saturated rings. The van der Waals surface area contributed by atoms with Crippen LogP contribution in [0.15, 0.2) is 42.5 Å². The Kier molecular flexibility index (Phi) is 6.34. The molecule has 0 aliphatic heterocycles. The average Bonchev–Trinajstić information content (AvgIpc) is 2.64. The average molecular weight is 380 g/mol. The molecule has 0 saturated heterocycles. The normalized spacial score (nSPS) is 9.92. The number of rotatable bonds is 6. The number of nitro benzene ring substituents is 1. The first-order valence-electron chi connectivity index (χ1n) is 7.21. The second kappa shape index (κ2) is 8.67. The predicted octanol–water partition coefficient (Wildman–Crippen LogP) is 2.10. The molecule has 9 nitrogen and oxygen atoms in total. The zero-order valence-corrected chi connectivity index (χ0v) is 14.3. The Morgan fingerprint density at radius 3 is 2.50 bits per heavy atom. The van der Waals surface area contributed by atoms with Gasteiger partial charge in [-0.05, 0) is 24.3 Å². The third kappa shape index (κ3) is 4.84. The summed E-state index contributed by atoms with van der Waals surface area (Å²) < 4.78 is 10.4. The smallest absolute Gasteiger partial charge is 0.288 e. The van der Waals surface area contributed by atoms with Crippen LogP contribution in [-0.2, 0) is 4.79 Å². The maximum atomic E-state index is 12.0. The van der Waals surface area contributed by atoms with Crippen LogP contribution in [0, 0.1) is 10.1 Å². The minimum atomic E-state index is -0.740. The first kappa shape index (κ1) is 19.0. The van der Waals surface area contributed by atoms with Gasteiger partial charge in [-0.15, -0.1) is 0 Å². The number of hydrogen-bond donors (Lipinski definition) is 2. The highest BCUT2D eigenvalue weighted by Crippen LogP contribution is 2.26. The third-order valence-corrected chi connectivity index (χ3v) is 3.47. The van der Waals surface area contributed by atoms with Crippen molar-refractivity contribution in [3.05, 3.63) is 63.2 Å². The summed E-state index contributed by atoms with van der Waals surface area (Å²) in [4.78, 5) is 33.8. The summed E-state index contributed by atoms with van der Waals surface area (Å²) in [7, 11) is 1.47. The summed E-state index contributed by atoms with van der Waals surface area (Å²) in [5, 5.41) is 10.7. The van der Waals surface area contributed by atoms with Crippen LogP contribution in [0.3, 0.4) is 0 Å². The quantitative estimate of drug-likeness (QED) is 0.585. The number of hydrazine groups is 1. The first-order valence-corrected chi connectivity index (χ1v) is 7.59. The number of halogens is 1. The van der Waals surface area contributed by atoms with Crippen molar-refractivity contribution in [2.75, 3.05) is 13.7 Å². The van der Waals surface area contributed by atoms with Gasteiger partial charge in [-0.25, -0.2) is 0 Å². The van der Waals surface area contributed by atoms with E-state index in [4.69, 9.17) is 21.1 Å². The molecule has 136 valence electrons. The van der Waals surface area contributed by atoms with E-state index in [9.17, 15) is 19.7 Å². The molecule has 0 heterocycles. The number of ether oxygens (including phenoxy) is 2. The van der Waals surface area contributed by atoms with Crippen LogP contribution in [0.2, 0.25) is 5.02 Å². The van der Waals surface area contributed by atoms with E-state index in [0.29, 0.717) is 11.5 Å². The number of hydrogen-bond acceptors (Lipinski definition) is 6. The summed E-state index contributed by atoms with van der Waals surface area (Å²) in [5.41, 5.74) is 3.83. The van der Waals surface area contributed by atoms with E-state index in [0.717, 1.165) is 6.07 Å². The van der Waals surface area contributed by atoms with E-state index >= 15 is 0 Å². The number of carbonyl (C=O) groups is 2. The molecule has 0 atom stereocenters. The lowest BCUT2D eigenvalue weighted by atomic mass is 10.2. The van der Waals surface area contributed by atoms with Gasteiger partial charge in [-0.3, -0.25) is 30.6 Å². The van der Waals surface area contributed by atoms with E-state index in [1.54, 1.807) is 24.3 Å². The molecule has 0 unspecified atom stereocenters. The van der Waals surface area contributed by atoms with Gasteiger partial charge in [0, 0.05) is 11.6 Å².